The molecule has 128 valence electrons. The van der Waals surface area contributed by atoms with E-state index in [4.69, 9.17) is 9.47 Å². The molecule has 0 unspecified atom stereocenters. The number of ether oxygens (including phenoxy) is 2. The van der Waals surface area contributed by atoms with E-state index in [-0.39, 0.29) is 16.1 Å². The number of thiophene rings is 1. The Bertz CT molecular complexity index is 777. The second kappa shape index (κ2) is 6.83. The highest BCUT2D eigenvalue weighted by Gasteiger charge is 2.37. The molecule has 24 heavy (non-hydrogen) atoms. The van der Waals surface area contributed by atoms with Crippen LogP contribution in [0.25, 0.3) is 0 Å². The Morgan fingerprint density at radius 1 is 1.25 bits per heavy atom. The molecule has 2 rings (SSSR count). The summed E-state index contributed by atoms with van der Waals surface area (Å²) in [5.41, 5.74) is 1.54. The number of nitrogens with one attached hydrogen (secondary N) is 1. The van der Waals surface area contributed by atoms with Crippen LogP contribution in [0.1, 0.15) is 25.5 Å². The monoisotopic (exact) mass is 352 g/mol. The average molecular weight is 352 g/mol. The molecule has 0 radical (unpaired) electrons. The van der Waals surface area contributed by atoms with Crippen LogP contribution in [0.3, 0.4) is 0 Å². The highest BCUT2D eigenvalue weighted by Crippen LogP contribution is 2.40. The van der Waals surface area contributed by atoms with E-state index in [1.807, 2.05) is 0 Å². The van der Waals surface area contributed by atoms with Crippen LogP contribution >= 0.6 is 11.3 Å². The van der Waals surface area contributed by atoms with E-state index in [2.05, 4.69) is 5.32 Å². The van der Waals surface area contributed by atoms with E-state index in [0.717, 1.165) is 11.3 Å². The zero-order valence-corrected chi connectivity index (χ0v) is 14.4. The van der Waals surface area contributed by atoms with Crippen molar-refractivity contribution in [2.75, 3.05) is 14.2 Å². The minimum Gasteiger partial charge on any atom is -0.466 e. The van der Waals surface area contributed by atoms with E-state index in [0.29, 0.717) is 16.8 Å². The minimum absolute atomic E-state index is 0.0731. The highest BCUT2D eigenvalue weighted by atomic mass is 32.1. The molecule has 0 aromatic carbocycles. The summed E-state index contributed by atoms with van der Waals surface area (Å²) in [5.74, 6) is -1.27. The van der Waals surface area contributed by atoms with Gasteiger partial charge < -0.3 is 14.8 Å². The lowest BCUT2D eigenvalue weighted by Crippen LogP contribution is -2.33. The van der Waals surface area contributed by atoms with Crippen molar-refractivity contribution >= 4 is 28.3 Å². The van der Waals surface area contributed by atoms with Crippen molar-refractivity contribution in [3.05, 3.63) is 49.5 Å². The van der Waals surface area contributed by atoms with Crippen LogP contribution in [0.5, 0.6) is 0 Å². The van der Waals surface area contributed by atoms with Crippen LogP contribution in [-0.2, 0) is 19.1 Å². The molecule has 0 amide bonds. The SMILES string of the molecule is COC(=O)C1=C(C)N[C@@H](c2ccsc2[N+](=O)[O-])C(C(=O)OC)=C1C. The summed E-state index contributed by atoms with van der Waals surface area (Å²) in [5, 5.41) is 15.7. The van der Waals surface area contributed by atoms with Crippen LogP contribution in [0.15, 0.2) is 33.9 Å². The largest absolute Gasteiger partial charge is 0.466 e. The number of carbonyl (C=O) groups excluding carboxylic acids is 2. The lowest BCUT2D eigenvalue weighted by molar-refractivity contribution is -0.381. The molecule has 8 nitrogen and oxygen atoms in total. The summed E-state index contributed by atoms with van der Waals surface area (Å²) in [6.45, 7) is 3.24. The predicted octanol–water partition coefficient (Wildman–Crippen LogP) is 2.24. The Balaban J connectivity index is 2.65. The number of hydrogen-bond acceptors (Lipinski definition) is 8. The Morgan fingerprint density at radius 2 is 1.88 bits per heavy atom. The number of rotatable bonds is 4. The smallest absolute Gasteiger partial charge is 0.339 e. The van der Waals surface area contributed by atoms with Gasteiger partial charge in [0, 0.05) is 5.70 Å². The molecule has 1 aromatic rings. The van der Waals surface area contributed by atoms with E-state index in [1.165, 1.54) is 14.2 Å². The lowest BCUT2D eigenvalue weighted by atomic mass is 9.88. The van der Waals surface area contributed by atoms with Gasteiger partial charge in [0.2, 0.25) is 0 Å². The van der Waals surface area contributed by atoms with E-state index in [1.54, 1.807) is 25.3 Å². The molecule has 1 N–H and O–H groups in total. The lowest BCUT2D eigenvalue weighted by Gasteiger charge is -2.29. The van der Waals surface area contributed by atoms with Crippen molar-refractivity contribution in [1.29, 1.82) is 0 Å². The Kier molecular flexibility index (Phi) is 5.03. The molecule has 1 aliphatic rings. The van der Waals surface area contributed by atoms with Gasteiger partial charge in [0.15, 0.2) is 0 Å². The van der Waals surface area contributed by atoms with Gasteiger partial charge >= 0.3 is 16.9 Å². The number of methoxy groups -OCH3 is 2. The third-order valence-electron chi connectivity index (χ3n) is 3.75. The third kappa shape index (κ3) is 2.90. The molecule has 0 saturated heterocycles. The van der Waals surface area contributed by atoms with Gasteiger partial charge in [0.05, 0.1) is 41.9 Å². The molecule has 1 atom stereocenters. The van der Waals surface area contributed by atoms with Crippen LogP contribution < -0.4 is 5.32 Å². The third-order valence-corrected chi connectivity index (χ3v) is 4.63. The van der Waals surface area contributed by atoms with E-state index in [9.17, 15) is 19.7 Å². The van der Waals surface area contributed by atoms with Gasteiger partial charge in [-0.1, -0.05) is 11.3 Å². The van der Waals surface area contributed by atoms with Crippen molar-refractivity contribution in [3.8, 4) is 0 Å². The van der Waals surface area contributed by atoms with Crippen LogP contribution in [0.4, 0.5) is 5.00 Å². The molecule has 0 fully saturated rings. The average Bonchev–Trinajstić information content (AvgIpc) is 3.03. The van der Waals surface area contributed by atoms with Gasteiger partial charge in [-0.15, -0.1) is 0 Å². The molecular weight excluding hydrogens is 336 g/mol. The van der Waals surface area contributed by atoms with Gasteiger partial charge in [-0.3, -0.25) is 10.1 Å². The first-order valence-electron chi connectivity index (χ1n) is 6.90. The standard InChI is InChI=1S/C15H16N2O6S/c1-7-10(14(18)22-3)8(2)16-12(11(7)15(19)23-4)9-5-6-24-13(9)17(20)21/h5-6,12,16H,1-4H3/t12-/m0/s1. The topological polar surface area (TPSA) is 108 Å². The fraction of sp³-hybridized carbons (Fsp3) is 0.333. The number of esters is 2. The molecular formula is C15H16N2O6S. The van der Waals surface area contributed by atoms with Crippen molar-refractivity contribution in [1.82, 2.24) is 5.32 Å². The zero-order chi connectivity index (χ0) is 18.0. The summed E-state index contributed by atoms with van der Waals surface area (Å²) < 4.78 is 9.56. The molecule has 1 aromatic heterocycles. The van der Waals surface area contributed by atoms with Crippen molar-refractivity contribution in [2.24, 2.45) is 0 Å². The maximum atomic E-state index is 12.3. The van der Waals surface area contributed by atoms with Crippen LogP contribution in [0, 0.1) is 10.1 Å². The van der Waals surface area contributed by atoms with E-state index < -0.39 is 22.9 Å². The number of hydrogen-bond donors (Lipinski definition) is 1. The number of allylic oxidation sites excluding steroid dienone is 1. The van der Waals surface area contributed by atoms with Gasteiger partial charge in [0.25, 0.3) is 0 Å². The summed E-state index contributed by atoms with van der Waals surface area (Å²) in [4.78, 5) is 35.0. The summed E-state index contributed by atoms with van der Waals surface area (Å²) in [6.07, 6.45) is 0. The molecule has 2 heterocycles. The first-order valence-corrected chi connectivity index (χ1v) is 7.78. The molecule has 0 saturated carbocycles. The van der Waals surface area contributed by atoms with Gasteiger partial charge in [-0.2, -0.15) is 0 Å². The Morgan fingerprint density at radius 3 is 2.42 bits per heavy atom. The maximum absolute atomic E-state index is 12.3. The molecule has 1 aliphatic heterocycles. The van der Waals surface area contributed by atoms with Crippen LogP contribution in [-0.4, -0.2) is 31.1 Å². The number of carbonyl (C=O) groups is 2. The van der Waals surface area contributed by atoms with Crippen molar-refractivity contribution < 1.29 is 24.0 Å². The van der Waals surface area contributed by atoms with Gasteiger partial charge in [-0.05, 0) is 30.9 Å². The fourth-order valence-corrected chi connectivity index (χ4v) is 3.45. The number of dihydropyridines is 1. The first kappa shape index (κ1) is 17.7. The maximum Gasteiger partial charge on any atom is 0.339 e. The number of nitrogens with zero attached hydrogens (tertiary/aromatic N) is 1. The van der Waals surface area contributed by atoms with Crippen molar-refractivity contribution in [3.63, 3.8) is 0 Å². The van der Waals surface area contributed by atoms with Gasteiger partial charge in [0.1, 0.15) is 0 Å². The molecule has 9 heteroatoms. The molecule has 0 aliphatic carbocycles. The second-order valence-electron chi connectivity index (χ2n) is 5.04. The van der Waals surface area contributed by atoms with Gasteiger partial charge in [-0.25, -0.2) is 9.59 Å². The summed E-state index contributed by atoms with van der Waals surface area (Å²) in [6, 6.07) is 0.796. The summed E-state index contributed by atoms with van der Waals surface area (Å²) in [7, 11) is 2.45. The molecule has 0 spiro atoms. The Labute approximate surface area is 141 Å². The molecule has 0 bridgehead atoms. The zero-order valence-electron chi connectivity index (χ0n) is 13.5. The van der Waals surface area contributed by atoms with Crippen LogP contribution in [0.2, 0.25) is 0 Å². The Hall–Kier alpha value is -2.68. The fourth-order valence-electron chi connectivity index (χ4n) is 2.69. The highest BCUT2D eigenvalue weighted by molar-refractivity contribution is 7.13. The first-order chi connectivity index (χ1) is 11.3. The minimum atomic E-state index is -0.780. The number of nitro groups is 1. The predicted molar refractivity (Wildman–Crippen MR) is 86.3 cm³/mol. The normalized spacial score (nSPS) is 17.4. The quantitative estimate of drug-likeness (QED) is 0.503. The van der Waals surface area contributed by atoms with E-state index >= 15 is 0 Å². The second-order valence-corrected chi connectivity index (χ2v) is 5.93. The summed E-state index contributed by atoms with van der Waals surface area (Å²) >= 11 is 0.965. The van der Waals surface area contributed by atoms with Crippen molar-refractivity contribution in [2.45, 2.75) is 19.9 Å².